The highest BCUT2D eigenvalue weighted by molar-refractivity contribution is 7.91. The molecule has 3 N–H and O–H groups in total. The SMILES string of the molecule is COCCOC(=O)NCC(CN[C@]12CC[C@@H](C3(C)CC3)[C@@H]1[C@H]1CC[C@@H]3[C@@]4(C)CC[C@H](OC(=O)[C@H]5C[C@@H](C(=O)O)C5(C)C)C(C)(C)[C@@H]4CC[C@@]3(C)[C@]1(C)CC2)N1CCS(=O)(=O)CC1. The first kappa shape index (κ1) is 46.6. The van der Waals surface area contributed by atoms with Crippen LogP contribution >= 0.6 is 0 Å². The molecule has 0 radical (unpaired) electrons. The van der Waals surface area contributed by atoms with Crippen molar-refractivity contribution in [2.45, 2.75) is 157 Å². The van der Waals surface area contributed by atoms with Crippen molar-refractivity contribution in [2.24, 2.45) is 73.9 Å². The standard InChI is InChI=1S/C49H81N3O9S/c1-43(2)34(40(53)54)28-35(43)41(55)61-38-14-15-46(6)36(44(38,3)4)13-16-48(8)37(46)11-10-33-39-32(45(5)18-19-45)12-17-49(39,21-20-47(33,48)7)51-30-31(29-50-42(56)60-25-24-59-9)52-22-26-62(57,58)27-23-52/h31-39,51H,10-30H2,1-9H3,(H,50,56)(H,53,54)/t31?,32-,33-,34+,35-,36+,37-,38+,39-,46+,47-,48-,49+/m1/s1. The summed E-state index contributed by atoms with van der Waals surface area (Å²) >= 11 is 0. The van der Waals surface area contributed by atoms with Crippen molar-refractivity contribution in [3.63, 3.8) is 0 Å². The third-order valence-corrected chi connectivity index (χ3v) is 22.6. The van der Waals surface area contributed by atoms with Crippen molar-refractivity contribution in [1.29, 1.82) is 0 Å². The largest absolute Gasteiger partial charge is 0.481 e. The summed E-state index contributed by atoms with van der Waals surface area (Å²) in [6, 6.07) is -0.0533. The fourth-order valence-electron chi connectivity index (χ4n) is 16.6. The van der Waals surface area contributed by atoms with Gasteiger partial charge < -0.3 is 30.0 Å². The third-order valence-electron chi connectivity index (χ3n) is 21.0. The first-order valence-electron chi connectivity index (χ1n) is 24.5. The summed E-state index contributed by atoms with van der Waals surface area (Å²) in [4.78, 5) is 40.6. The molecule has 1 unspecified atom stereocenters. The first-order valence-corrected chi connectivity index (χ1v) is 26.3. The van der Waals surface area contributed by atoms with Gasteiger partial charge in [-0.2, -0.15) is 0 Å². The van der Waals surface area contributed by atoms with Crippen LogP contribution in [-0.2, 0) is 33.6 Å². The molecule has 13 atom stereocenters. The first-order chi connectivity index (χ1) is 29.0. The van der Waals surface area contributed by atoms with E-state index in [2.05, 4.69) is 57.1 Å². The highest BCUT2D eigenvalue weighted by Gasteiger charge is 2.72. The number of carbonyl (C=O) groups is 3. The van der Waals surface area contributed by atoms with E-state index in [1.807, 2.05) is 13.8 Å². The summed E-state index contributed by atoms with van der Waals surface area (Å²) in [5.74, 6) is 1.25. The monoisotopic (exact) mass is 888 g/mol. The van der Waals surface area contributed by atoms with Crippen LogP contribution in [0.15, 0.2) is 0 Å². The molecule has 1 heterocycles. The van der Waals surface area contributed by atoms with E-state index in [1.165, 1.54) is 51.4 Å². The van der Waals surface area contributed by atoms with Gasteiger partial charge in [0.25, 0.3) is 0 Å². The molecule has 62 heavy (non-hydrogen) atoms. The van der Waals surface area contributed by atoms with E-state index in [4.69, 9.17) is 14.2 Å². The number of nitrogens with one attached hydrogen (secondary N) is 2. The summed E-state index contributed by atoms with van der Waals surface area (Å²) in [7, 11) is -1.48. The van der Waals surface area contributed by atoms with Crippen LogP contribution in [0, 0.1) is 73.9 Å². The Hall–Kier alpha value is -1.96. The molecular weight excluding hydrogens is 807 g/mol. The molecule has 7 saturated carbocycles. The highest BCUT2D eigenvalue weighted by Crippen LogP contribution is 2.78. The second kappa shape index (κ2) is 16.1. The molecule has 13 heteroatoms. The topological polar surface area (TPSA) is 161 Å². The van der Waals surface area contributed by atoms with Crippen LogP contribution in [0.3, 0.4) is 0 Å². The number of esters is 1. The van der Waals surface area contributed by atoms with Gasteiger partial charge in [0.2, 0.25) is 0 Å². The fraction of sp³-hybridized carbons (Fsp3) is 0.939. The van der Waals surface area contributed by atoms with Crippen molar-refractivity contribution in [2.75, 3.05) is 58.0 Å². The van der Waals surface area contributed by atoms with Gasteiger partial charge in [0, 0.05) is 50.3 Å². The smallest absolute Gasteiger partial charge is 0.407 e. The Morgan fingerprint density at radius 1 is 0.742 bits per heavy atom. The van der Waals surface area contributed by atoms with Gasteiger partial charge in [-0.1, -0.05) is 55.4 Å². The Bertz CT molecular complexity index is 1840. The second-order valence-corrected chi connectivity index (χ2v) is 26.5. The predicted octanol–water partition coefficient (Wildman–Crippen LogP) is 7.34. The lowest BCUT2D eigenvalue weighted by atomic mass is 9.32. The third kappa shape index (κ3) is 7.56. The van der Waals surface area contributed by atoms with E-state index in [1.54, 1.807) is 7.11 Å². The molecule has 8 aliphatic rings. The number of hydrogen-bond acceptors (Lipinski definition) is 10. The van der Waals surface area contributed by atoms with E-state index >= 15 is 0 Å². The second-order valence-electron chi connectivity index (χ2n) is 24.2. The number of rotatable bonds is 13. The van der Waals surface area contributed by atoms with Crippen molar-refractivity contribution < 1.29 is 42.1 Å². The Morgan fingerprint density at radius 3 is 2.10 bits per heavy atom. The minimum Gasteiger partial charge on any atom is -0.481 e. The number of hydrogen-bond donors (Lipinski definition) is 3. The number of carboxylic acids is 1. The number of fused-ring (bicyclic) bond motifs is 7. The maximum absolute atomic E-state index is 13.7. The van der Waals surface area contributed by atoms with Crippen LogP contribution in [0.1, 0.15) is 139 Å². The number of alkyl carbamates (subject to hydrolysis) is 1. The van der Waals surface area contributed by atoms with Crippen LogP contribution in [0.2, 0.25) is 0 Å². The highest BCUT2D eigenvalue weighted by atomic mass is 32.2. The van der Waals surface area contributed by atoms with E-state index in [-0.39, 0.29) is 69.3 Å². The molecular formula is C49H81N3O9S. The number of methoxy groups -OCH3 is 1. The molecule has 1 amide bonds. The van der Waals surface area contributed by atoms with Gasteiger partial charge in [-0.05, 0) is 140 Å². The molecule has 8 rings (SSSR count). The zero-order valence-electron chi connectivity index (χ0n) is 39.6. The molecule has 8 fully saturated rings. The molecule has 12 nitrogen and oxygen atoms in total. The summed E-state index contributed by atoms with van der Waals surface area (Å²) in [5.41, 5.74) is 0.117. The Labute approximate surface area is 372 Å². The Kier molecular flexibility index (Phi) is 12.1. The molecule has 7 aliphatic carbocycles. The van der Waals surface area contributed by atoms with Gasteiger partial charge in [0.05, 0.1) is 29.9 Å². The molecule has 0 bridgehead atoms. The van der Waals surface area contributed by atoms with Crippen molar-refractivity contribution in [3.8, 4) is 0 Å². The summed E-state index contributed by atoms with van der Waals surface area (Å²) in [5, 5.41) is 17.0. The molecule has 1 saturated heterocycles. The molecule has 0 spiro atoms. The average molecular weight is 888 g/mol. The maximum atomic E-state index is 13.7. The summed E-state index contributed by atoms with van der Waals surface area (Å²) in [6.45, 7) is 21.6. The number of amides is 1. The lowest BCUT2D eigenvalue weighted by Gasteiger charge is -2.73. The number of aliphatic carboxylic acids is 1. The lowest BCUT2D eigenvalue weighted by Crippen LogP contribution is -2.69. The quantitative estimate of drug-likeness (QED) is 0.125. The molecule has 352 valence electrons. The van der Waals surface area contributed by atoms with Gasteiger partial charge >= 0.3 is 18.0 Å². The normalized spacial score (nSPS) is 43.9. The van der Waals surface area contributed by atoms with Crippen molar-refractivity contribution in [3.05, 3.63) is 0 Å². The summed E-state index contributed by atoms with van der Waals surface area (Å²) < 4.78 is 41.9. The van der Waals surface area contributed by atoms with E-state index in [9.17, 15) is 27.9 Å². The zero-order chi connectivity index (χ0) is 44.9. The van der Waals surface area contributed by atoms with Gasteiger partial charge in [-0.15, -0.1) is 0 Å². The van der Waals surface area contributed by atoms with Gasteiger partial charge in [-0.3, -0.25) is 14.5 Å². The van der Waals surface area contributed by atoms with E-state index in [0.29, 0.717) is 74.2 Å². The van der Waals surface area contributed by atoms with Gasteiger partial charge in [-0.25, -0.2) is 13.2 Å². The molecule has 0 aromatic carbocycles. The van der Waals surface area contributed by atoms with Crippen LogP contribution in [-0.4, -0.2) is 112 Å². The number of nitrogens with zero attached hydrogens (tertiary/aromatic N) is 1. The van der Waals surface area contributed by atoms with Crippen molar-refractivity contribution >= 4 is 27.9 Å². The predicted molar refractivity (Wildman–Crippen MR) is 238 cm³/mol. The van der Waals surface area contributed by atoms with E-state index in [0.717, 1.165) is 25.7 Å². The fourth-order valence-corrected chi connectivity index (χ4v) is 17.8. The van der Waals surface area contributed by atoms with Crippen LogP contribution in [0.25, 0.3) is 0 Å². The van der Waals surface area contributed by atoms with Crippen LogP contribution in [0.4, 0.5) is 4.79 Å². The number of carbonyl (C=O) groups excluding carboxylic acids is 2. The Balaban J connectivity index is 1.01. The summed E-state index contributed by atoms with van der Waals surface area (Å²) in [6.07, 6.45) is 13.8. The average Bonchev–Trinajstić information content (AvgIpc) is 3.82. The lowest BCUT2D eigenvalue weighted by molar-refractivity contribution is -0.249. The van der Waals surface area contributed by atoms with Crippen LogP contribution < -0.4 is 10.6 Å². The number of sulfone groups is 1. The number of ether oxygens (including phenoxy) is 3. The molecule has 1 aliphatic heterocycles. The van der Waals surface area contributed by atoms with Gasteiger partial charge in [0.15, 0.2) is 9.84 Å². The van der Waals surface area contributed by atoms with Gasteiger partial charge in [0.1, 0.15) is 12.7 Å². The number of carboxylic acid groups (broad SMARTS) is 1. The Morgan fingerprint density at radius 2 is 1.45 bits per heavy atom. The maximum Gasteiger partial charge on any atom is 0.407 e. The van der Waals surface area contributed by atoms with E-state index < -0.39 is 33.2 Å². The van der Waals surface area contributed by atoms with Crippen molar-refractivity contribution in [1.82, 2.24) is 15.5 Å². The minimum atomic E-state index is -3.06. The zero-order valence-corrected chi connectivity index (χ0v) is 40.4. The molecule has 0 aromatic heterocycles. The molecule has 0 aromatic rings. The minimum absolute atomic E-state index is 0.00719. The van der Waals surface area contributed by atoms with Crippen LogP contribution in [0.5, 0.6) is 0 Å².